The van der Waals surface area contributed by atoms with E-state index in [2.05, 4.69) is 0 Å². The summed E-state index contributed by atoms with van der Waals surface area (Å²) in [6.45, 7) is 1.000. The van der Waals surface area contributed by atoms with Crippen LogP contribution in [0.1, 0.15) is 34.6 Å². The molecule has 0 unspecified atom stereocenters. The molecule has 0 radical (unpaired) electrons. The third kappa shape index (κ3) is 8.97. The molecular formula is C18H30N4O6. The van der Waals surface area contributed by atoms with Gasteiger partial charge >= 0.3 is 0 Å². The van der Waals surface area contributed by atoms with Gasteiger partial charge in [0, 0.05) is 0 Å². The van der Waals surface area contributed by atoms with Gasteiger partial charge in [0.05, 0.1) is 19.6 Å². The van der Waals surface area contributed by atoms with Crippen molar-refractivity contribution in [3.05, 3.63) is 71.0 Å². The summed E-state index contributed by atoms with van der Waals surface area (Å²) >= 11 is 0. The molecule has 3 aromatic rings. The van der Waals surface area contributed by atoms with Crippen molar-refractivity contribution in [1.29, 1.82) is 0 Å². The minimum Gasteiger partial charge on any atom is -0.463 e. The van der Waals surface area contributed by atoms with Crippen LogP contribution >= 0.6 is 0 Å². The fourth-order valence-corrected chi connectivity index (χ4v) is 1.85. The summed E-state index contributed by atoms with van der Waals surface area (Å²) < 4.78 is 15.0. The normalized spacial score (nSPS) is 9.64. The first-order valence-corrected chi connectivity index (χ1v) is 8.25. The summed E-state index contributed by atoms with van der Waals surface area (Å²) in [5, 5.41) is 25.5. The summed E-state index contributed by atoms with van der Waals surface area (Å²) in [6, 6.07) is 10.4. The lowest BCUT2D eigenvalue weighted by Crippen LogP contribution is -1.95. The SMILES string of the molecule is N.NCc1ccc(CN)o1.NCc1ccc(CO)o1.OCc1ccc(CO)o1. The summed E-state index contributed by atoms with van der Waals surface area (Å²) in [5.41, 5.74) is 15.8. The Kier molecular flexibility index (Phi) is 13.3. The highest BCUT2D eigenvalue weighted by atomic mass is 16.4. The molecule has 158 valence electrons. The maximum atomic E-state index is 8.51. The van der Waals surface area contributed by atoms with E-state index >= 15 is 0 Å². The third-order valence-electron chi connectivity index (χ3n) is 3.22. The molecule has 0 aliphatic carbocycles. The van der Waals surface area contributed by atoms with Crippen LogP contribution in [0.15, 0.2) is 49.6 Å². The molecule has 12 N–H and O–H groups in total. The molecule has 0 atom stereocenters. The molecule has 0 saturated heterocycles. The molecule has 0 saturated carbocycles. The maximum Gasteiger partial charge on any atom is 0.129 e. The van der Waals surface area contributed by atoms with E-state index < -0.39 is 0 Å². The Hall–Kier alpha value is -2.44. The van der Waals surface area contributed by atoms with Gasteiger partial charge in [0.25, 0.3) is 0 Å². The molecule has 10 heteroatoms. The molecule has 3 heterocycles. The van der Waals surface area contributed by atoms with Gasteiger partial charge in [-0.15, -0.1) is 0 Å². The van der Waals surface area contributed by atoms with Gasteiger partial charge in [0.15, 0.2) is 0 Å². The van der Waals surface area contributed by atoms with Crippen molar-refractivity contribution in [1.82, 2.24) is 6.15 Å². The predicted octanol–water partition coefficient (Wildman–Crippen LogP) is 0.854. The van der Waals surface area contributed by atoms with Crippen LogP contribution in [0.5, 0.6) is 0 Å². The first kappa shape index (κ1) is 25.6. The Morgan fingerprint density at radius 2 is 0.714 bits per heavy atom. The average molecular weight is 398 g/mol. The summed E-state index contributed by atoms with van der Waals surface area (Å²) in [7, 11) is 0. The second-order valence-electron chi connectivity index (χ2n) is 5.19. The Morgan fingerprint density at radius 3 is 0.893 bits per heavy atom. The lowest BCUT2D eigenvalue weighted by molar-refractivity contribution is 0.215. The van der Waals surface area contributed by atoms with E-state index in [-0.39, 0.29) is 26.0 Å². The van der Waals surface area contributed by atoms with E-state index in [1.54, 1.807) is 24.3 Å². The van der Waals surface area contributed by atoms with Crippen molar-refractivity contribution in [3.8, 4) is 0 Å². The van der Waals surface area contributed by atoms with E-state index in [9.17, 15) is 0 Å². The Bertz CT molecular complexity index is 597. The number of aliphatic hydroxyl groups excluding tert-OH is 3. The molecular weight excluding hydrogens is 368 g/mol. The van der Waals surface area contributed by atoms with Crippen LogP contribution in [0.4, 0.5) is 0 Å². The van der Waals surface area contributed by atoms with Gasteiger partial charge in [-0.1, -0.05) is 0 Å². The highest BCUT2D eigenvalue weighted by Crippen LogP contribution is 2.07. The molecule has 3 aromatic heterocycles. The van der Waals surface area contributed by atoms with Gasteiger partial charge < -0.3 is 51.9 Å². The molecule has 0 aliphatic rings. The van der Waals surface area contributed by atoms with E-state index in [1.807, 2.05) is 12.1 Å². The smallest absolute Gasteiger partial charge is 0.129 e. The van der Waals surface area contributed by atoms with Crippen molar-refractivity contribution < 1.29 is 28.6 Å². The van der Waals surface area contributed by atoms with Crippen LogP contribution in [0.25, 0.3) is 0 Å². The third-order valence-corrected chi connectivity index (χ3v) is 3.22. The van der Waals surface area contributed by atoms with Gasteiger partial charge in [0.2, 0.25) is 0 Å². The monoisotopic (exact) mass is 398 g/mol. The Morgan fingerprint density at radius 1 is 0.500 bits per heavy atom. The van der Waals surface area contributed by atoms with E-state index in [0.717, 1.165) is 11.5 Å². The summed E-state index contributed by atoms with van der Waals surface area (Å²) in [4.78, 5) is 0. The van der Waals surface area contributed by atoms with Crippen molar-refractivity contribution in [2.24, 2.45) is 17.2 Å². The number of hydrogen-bond donors (Lipinski definition) is 7. The fraction of sp³-hybridized carbons (Fsp3) is 0.333. The second kappa shape index (κ2) is 14.6. The number of rotatable bonds is 6. The zero-order valence-electron chi connectivity index (χ0n) is 15.7. The van der Waals surface area contributed by atoms with Crippen LogP contribution in [0, 0.1) is 0 Å². The maximum absolute atomic E-state index is 8.51. The second-order valence-corrected chi connectivity index (χ2v) is 5.19. The Labute approximate surface area is 163 Å². The summed E-state index contributed by atoms with van der Waals surface area (Å²) in [5.74, 6) is 3.82. The highest BCUT2D eigenvalue weighted by molar-refractivity contribution is 5.06. The zero-order valence-corrected chi connectivity index (χ0v) is 15.7. The van der Waals surface area contributed by atoms with Gasteiger partial charge in [-0.05, 0) is 36.4 Å². The van der Waals surface area contributed by atoms with Crippen LogP contribution in [-0.4, -0.2) is 15.3 Å². The van der Waals surface area contributed by atoms with Crippen molar-refractivity contribution >= 4 is 0 Å². The quantitative estimate of drug-likeness (QED) is 0.311. The lowest BCUT2D eigenvalue weighted by atomic mass is 10.4. The fourth-order valence-electron chi connectivity index (χ4n) is 1.85. The van der Waals surface area contributed by atoms with Crippen LogP contribution in [0.3, 0.4) is 0 Å². The standard InChI is InChI=1S/C6H10N2O.C6H9NO2.C6H8O3.H3N/c3*7-3-5-1-2-6(4-8)9-5;/h1-2H,3-4,7-8H2;1-2,8H,3-4,7H2;1-2,7-8H,3-4H2;1H3. The molecule has 28 heavy (non-hydrogen) atoms. The van der Waals surface area contributed by atoms with Gasteiger partial charge in [-0.2, -0.15) is 0 Å². The summed E-state index contributed by atoms with van der Waals surface area (Å²) in [6.07, 6.45) is 0. The topological polar surface area (TPSA) is 213 Å². The van der Waals surface area contributed by atoms with Gasteiger partial charge in [-0.25, -0.2) is 0 Å². The molecule has 0 aliphatic heterocycles. The largest absolute Gasteiger partial charge is 0.463 e. The minimum absolute atomic E-state index is 0. The number of nitrogens with two attached hydrogens (primary N) is 3. The molecule has 3 rings (SSSR count). The first-order chi connectivity index (χ1) is 13.1. The predicted molar refractivity (Wildman–Crippen MR) is 103 cm³/mol. The van der Waals surface area contributed by atoms with Gasteiger partial charge in [0.1, 0.15) is 54.4 Å². The average Bonchev–Trinajstić information content (AvgIpc) is 3.48. The lowest BCUT2D eigenvalue weighted by Gasteiger charge is -1.87. The zero-order chi connectivity index (χ0) is 20.1. The highest BCUT2D eigenvalue weighted by Gasteiger charge is 1.97. The van der Waals surface area contributed by atoms with Crippen LogP contribution in [0.2, 0.25) is 0 Å². The molecule has 0 aromatic carbocycles. The van der Waals surface area contributed by atoms with Crippen molar-refractivity contribution in [3.63, 3.8) is 0 Å². The molecule has 0 amide bonds. The molecule has 0 bridgehead atoms. The van der Waals surface area contributed by atoms with Crippen LogP contribution < -0.4 is 23.4 Å². The molecule has 0 spiro atoms. The van der Waals surface area contributed by atoms with E-state index in [4.69, 9.17) is 45.8 Å². The molecule has 0 fully saturated rings. The van der Waals surface area contributed by atoms with Crippen molar-refractivity contribution in [2.75, 3.05) is 0 Å². The van der Waals surface area contributed by atoms with Gasteiger partial charge in [-0.3, -0.25) is 0 Å². The number of aliphatic hydroxyl groups is 3. The molecule has 10 nitrogen and oxygen atoms in total. The Balaban J connectivity index is 0.000000384. The van der Waals surface area contributed by atoms with Crippen molar-refractivity contribution in [2.45, 2.75) is 39.5 Å². The number of hydrogen-bond acceptors (Lipinski definition) is 10. The first-order valence-electron chi connectivity index (χ1n) is 8.25. The van der Waals surface area contributed by atoms with Crippen LogP contribution in [-0.2, 0) is 39.5 Å². The van der Waals surface area contributed by atoms with E-state index in [0.29, 0.717) is 42.7 Å². The number of furan rings is 3. The van der Waals surface area contributed by atoms with E-state index in [1.165, 1.54) is 0 Å². The minimum atomic E-state index is -0.111.